The Morgan fingerprint density at radius 2 is 0.800 bits per heavy atom. The van der Waals surface area contributed by atoms with Crippen LogP contribution in [-0.4, -0.2) is 36.6 Å². The van der Waals surface area contributed by atoms with E-state index in [0.717, 1.165) is 23.1 Å². The Bertz CT molecular complexity index is 1280. The zero-order valence-corrected chi connectivity index (χ0v) is 24.1. The number of rotatable bonds is 5. The second-order valence-corrected chi connectivity index (χ2v) is 12.4. The van der Waals surface area contributed by atoms with Gasteiger partial charge in [0.1, 0.15) is 0 Å². The second kappa shape index (κ2) is 9.65. The fourth-order valence-corrected chi connectivity index (χ4v) is 4.64. The molecular weight excluding hydrogens is 517 g/mol. The summed E-state index contributed by atoms with van der Waals surface area (Å²) in [5.41, 5.74) is 0.959. The molecule has 0 amide bonds. The Hall–Kier alpha value is -2.78. The summed E-state index contributed by atoms with van der Waals surface area (Å²) in [4.78, 5) is 1.65. The molecule has 2 heterocycles. The van der Waals surface area contributed by atoms with Crippen LogP contribution in [0, 0.1) is 17.5 Å². The quantitative estimate of drug-likeness (QED) is 0.280. The predicted octanol–water partition coefficient (Wildman–Crippen LogP) is 6.17. The Morgan fingerprint density at radius 1 is 0.500 bits per heavy atom. The van der Waals surface area contributed by atoms with Crippen molar-refractivity contribution < 1.29 is 31.8 Å². The van der Waals surface area contributed by atoms with Crippen LogP contribution in [0.1, 0.15) is 55.4 Å². The van der Waals surface area contributed by atoms with Crippen molar-refractivity contribution in [3.63, 3.8) is 0 Å². The number of halogens is 3. The third-order valence-electron chi connectivity index (χ3n) is 8.58. The first-order valence-corrected chi connectivity index (χ1v) is 13.4. The number of nitrogens with zero attached hydrogens (tertiary/aromatic N) is 1. The van der Waals surface area contributed by atoms with Gasteiger partial charge >= 0.3 is 14.2 Å². The maximum Gasteiger partial charge on any atom is 0.494 e. The van der Waals surface area contributed by atoms with Crippen LogP contribution in [0.5, 0.6) is 0 Å². The van der Waals surface area contributed by atoms with E-state index in [1.165, 1.54) is 0 Å². The number of hydrogen-bond donors (Lipinski definition) is 0. The van der Waals surface area contributed by atoms with Gasteiger partial charge in [0, 0.05) is 23.5 Å². The molecule has 10 heteroatoms. The summed E-state index contributed by atoms with van der Waals surface area (Å²) in [5.74, 6) is -4.07. The second-order valence-electron chi connectivity index (χ2n) is 12.4. The van der Waals surface area contributed by atoms with E-state index in [1.807, 2.05) is 104 Å². The first kappa shape index (κ1) is 28.7. The monoisotopic (exact) mass is 551 g/mol. The number of anilines is 3. The fourth-order valence-electron chi connectivity index (χ4n) is 4.64. The maximum atomic E-state index is 14.4. The molecule has 0 radical (unpaired) electrons. The highest BCUT2D eigenvalue weighted by Crippen LogP contribution is 2.39. The van der Waals surface area contributed by atoms with E-state index in [9.17, 15) is 13.2 Å². The van der Waals surface area contributed by atoms with Crippen LogP contribution >= 0.6 is 0 Å². The topological polar surface area (TPSA) is 40.2 Å². The third-order valence-corrected chi connectivity index (χ3v) is 8.58. The van der Waals surface area contributed by atoms with Crippen molar-refractivity contribution in [3.8, 4) is 0 Å². The smallest absolute Gasteiger partial charge is 0.399 e. The van der Waals surface area contributed by atoms with Gasteiger partial charge in [-0.25, -0.2) is 13.2 Å². The molecule has 3 aromatic carbocycles. The van der Waals surface area contributed by atoms with Crippen LogP contribution in [0.3, 0.4) is 0 Å². The van der Waals surface area contributed by atoms with Crippen molar-refractivity contribution >= 4 is 42.2 Å². The van der Waals surface area contributed by atoms with Gasteiger partial charge in [-0.3, -0.25) is 0 Å². The van der Waals surface area contributed by atoms with Gasteiger partial charge in [-0.05, 0) is 90.6 Å². The molecule has 2 fully saturated rings. The van der Waals surface area contributed by atoms with Gasteiger partial charge in [0.05, 0.1) is 28.1 Å². The largest absolute Gasteiger partial charge is 0.494 e. The zero-order valence-electron chi connectivity index (χ0n) is 24.1. The minimum Gasteiger partial charge on any atom is -0.399 e. The van der Waals surface area contributed by atoms with E-state index in [2.05, 4.69) is 0 Å². The van der Waals surface area contributed by atoms with Crippen molar-refractivity contribution in [2.45, 2.75) is 77.8 Å². The lowest BCUT2D eigenvalue weighted by Gasteiger charge is -2.32. The molecule has 2 aliphatic rings. The molecule has 5 rings (SSSR count). The minimum absolute atomic E-state index is 0.128. The molecule has 0 saturated carbocycles. The number of hydrogen-bond acceptors (Lipinski definition) is 5. The van der Waals surface area contributed by atoms with Crippen molar-refractivity contribution in [2.75, 3.05) is 4.90 Å². The highest BCUT2D eigenvalue weighted by Gasteiger charge is 2.52. The first-order valence-electron chi connectivity index (χ1n) is 13.4. The van der Waals surface area contributed by atoms with E-state index in [-0.39, 0.29) is 5.69 Å². The Kier molecular flexibility index (Phi) is 6.94. The molecule has 0 atom stereocenters. The highest BCUT2D eigenvalue weighted by molar-refractivity contribution is 6.62. The molecule has 0 spiro atoms. The van der Waals surface area contributed by atoms with Crippen LogP contribution in [0.2, 0.25) is 0 Å². The summed E-state index contributed by atoms with van der Waals surface area (Å²) >= 11 is 0. The molecule has 0 aliphatic carbocycles. The lowest BCUT2D eigenvalue weighted by molar-refractivity contribution is 0.00578. The van der Waals surface area contributed by atoms with E-state index in [4.69, 9.17) is 18.6 Å². The van der Waals surface area contributed by atoms with Crippen LogP contribution in [0.4, 0.5) is 30.2 Å². The van der Waals surface area contributed by atoms with Gasteiger partial charge in [-0.15, -0.1) is 0 Å². The zero-order chi connectivity index (χ0) is 29.3. The average Bonchev–Trinajstić information content (AvgIpc) is 3.23. The van der Waals surface area contributed by atoms with Gasteiger partial charge in [0.25, 0.3) is 0 Å². The van der Waals surface area contributed by atoms with Gasteiger partial charge in [-0.1, -0.05) is 24.3 Å². The van der Waals surface area contributed by atoms with E-state index in [0.29, 0.717) is 11.4 Å². The van der Waals surface area contributed by atoms with E-state index < -0.39 is 54.1 Å². The Balaban J connectivity index is 1.49. The molecule has 0 unspecified atom stereocenters. The van der Waals surface area contributed by atoms with Gasteiger partial charge in [0.15, 0.2) is 17.5 Å². The summed E-state index contributed by atoms with van der Waals surface area (Å²) in [7, 11) is -1.13. The van der Waals surface area contributed by atoms with E-state index >= 15 is 0 Å². The fraction of sp³-hybridized carbons (Fsp3) is 0.400. The molecule has 210 valence electrons. The third kappa shape index (κ3) is 4.96. The maximum absolute atomic E-state index is 14.4. The molecule has 5 nitrogen and oxygen atoms in total. The van der Waals surface area contributed by atoms with Crippen molar-refractivity contribution in [1.82, 2.24) is 0 Å². The molecule has 40 heavy (non-hydrogen) atoms. The summed E-state index contributed by atoms with van der Waals surface area (Å²) in [6.45, 7) is 15.8. The van der Waals surface area contributed by atoms with Crippen molar-refractivity contribution in [2.24, 2.45) is 0 Å². The summed E-state index contributed by atoms with van der Waals surface area (Å²) < 4.78 is 67.2. The summed E-state index contributed by atoms with van der Waals surface area (Å²) in [6, 6.07) is 16.6. The highest BCUT2D eigenvalue weighted by atomic mass is 19.2. The van der Waals surface area contributed by atoms with Crippen LogP contribution in [0.25, 0.3) is 0 Å². The average molecular weight is 551 g/mol. The van der Waals surface area contributed by atoms with Crippen molar-refractivity contribution in [1.29, 1.82) is 0 Å². The van der Waals surface area contributed by atoms with Crippen LogP contribution in [-0.2, 0) is 18.6 Å². The minimum atomic E-state index is -1.52. The Labute approximate surface area is 234 Å². The Morgan fingerprint density at radius 3 is 1.10 bits per heavy atom. The van der Waals surface area contributed by atoms with E-state index in [1.54, 1.807) is 4.90 Å². The normalized spacial score (nSPS) is 20.7. The number of benzene rings is 3. The lowest BCUT2D eigenvalue weighted by Crippen LogP contribution is -2.41. The summed E-state index contributed by atoms with van der Waals surface area (Å²) in [6.07, 6.45) is 0. The molecule has 3 aromatic rings. The molecule has 0 bridgehead atoms. The SMILES string of the molecule is CC1(C)OB(c2ccc(N(c3ccc(B4OC(C)(C)C(C)(C)O4)cc3)c3cc(F)c(F)c(F)c3)cc2)OC1(C)C. The van der Waals surface area contributed by atoms with Gasteiger partial charge in [-0.2, -0.15) is 0 Å². The summed E-state index contributed by atoms with van der Waals surface area (Å²) in [5, 5.41) is 0. The standard InChI is InChI=1S/C30H34B2F3NO4/c1-27(2)28(3,4)38-31(37-27)19-9-13-21(14-10-19)36(23-17-24(33)26(35)25(34)18-23)22-15-11-20(12-16-22)32-39-29(5,6)30(7,8)40-32/h9-18H,1-8H3. The molecule has 2 aliphatic heterocycles. The molecule has 0 N–H and O–H groups in total. The van der Waals surface area contributed by atoms with Crippen LogP contribution in [0.15, 0.2) is 60.7 Å². The lowest BCUT2D eigenvalue weighted by atomic mass is 9.79. The predicted molar refractivity (Wildman–Crippen MR) is 152 cm³/mol. The molecular formula is C30H34B2F3NO4. The van der Waals surface area contributed by atoms with Crippen LogP contribution < -0.4 is 15.8 Å². The van der Waals surface area contributed by atoms with Gasteiger partial charge in [0.2, 0.25) is 0 Å². The molecule has 2 saturated heterocycles. The van der Waals surface area contributed by atoms with Crippen molar-refractivity contribution in [3.05, 3.63) is 78.1 Å². The molecule has 0 aromatic heterocycles. The van der Waals surface area contributed by atoms with Gasteiger partial charge < -0.3 is 23.5 Å². The first-order chi connectivity index (χ1) is 18.5.